The molecule has 2 rings (SSSR count). The Morgan fingerprint density at radius 3 is 2.80 bits per heavy atom. The Morgan fingerprint density at radius 2 is 2.20 bits per heavy atom. The number of methoxy groups -OCH3 is 1. The van der Waals surface area contributed by atoms with Gasteiger partial charge in [-0.1, -0.05) is 0 Å². The molecule has 0 spiro atoms. The van der Waals surface area contributed by atoms with Crippen LogP contribution in [0.4, 0.5) is 0 Å². The van der Waals surface area contributed by atoms with Crippen molar-refractivity contribution in [2.45, 2.75) is 0 Å². The molecule has 0 atom stereocenters. The average Bonchev–Trinajstić information content (AvgIpc) is 2.58. The second kappa shape index (κ2) is 3.56. The Bertz CT molecular complexity index is 495. The number of aromatic nitrogens is 2. The summed E-state index contributed by atoms with van der Waals surface area (Å²) in [5, 5.41) is 18.3. The van der Waals surface area contributed by atoms with Gasteiger partial charge in [0, 0.05) is 18.7 Å². The highest BCUT2D eigenvalue weighted by Crippen LogP contribution is 2.15. The molecule has 0 aliphatic carbocycles. The molecular formula is C9H11BN2O3. The van der Waals surface area contributed by atoms with Gasteiger partial charge in [-0.05, 0) is 12.1 Å². The molecule has 15 heavy (non-hydrogen) atoms. The molecule has 0 aliphatic heterocycles. The molecule has 5 nitrogen and oxygen atoms in total. The van der Waals surface area contributed by atoms with Crippen LogP contribution in [0.25, 0.3) is 11.0 Å². The van der Waals surface area contributed by atoms with Crippen molar-refractivity contribution in [1.29, 1.82) is 0 Å². The third-order valence-corrected chi connectivity index (χ3v) is 2.33. The number of pyridine rings is 1. The number of hydrogen-bond donors (Lipinski definition) is 2. The molecule has 0 aromatic carbocycles. The summed E-state index contributed by atoms with van der Waals surface area (Å²) in [6.45, 7) is 0. The van der Waals surface area contributed by atoms with E-state index in [0.717, 1.165) is 11.0 Å². The maximum Gasteiger partial charge on any atom is 0.494 e. The van der Waals surface area contributed by atoms with E-state index in [-0.39, 0.29) is 11.3 Å². The number of ether oxygens (including phenoxy) is 1. The smallest absolute Gasteiger partial charge is 0.481 e. The fraction of sp³-hybridized carbons (Fsp3) is 0.222. The molecule has 0 unspecified atom stereocenters. The second-order valence-electron chi connectivity index (χ2n) is 3.29. The van der Waals surface area contributed by atoms with E-state index in [2.05, 4.69) is 4.98 Å². The normalized spacial score (nSPS) is 10.7. The van der Waals surface area contributed by atoms with Crippen LogP contribution in [-0.4, -0.2) is 33.8 Å². The van der Waals surface area contributed by atoms with E-state index < -0.39 is 7.12 Å². The third-order valence-electron chi connectivity index (χ3n) is 2.33. The lowest BCUT2D eigenvalue weighted by Gasteiger charge is -2.07. The highest BCUT2D eigenvalue weighted by atomic mass is 16.5. The summed E-state index contributed by atoms with van der Waals surface area (Å²) in [5.74, 6) is 0.240. The topological polar surface area (TPSA) is 67.5 Å². The summed E-state index contributed by atoms with van der Waals surface area (Å²) in [6, 6.07) is 3.50. The van der Waals surface area contributed by atoms with E-state index in [4.69, 9.17) is 14.8 Å². The molecule has 2 heterocycles. The standard InChI is InChI=1S/C9H11BN2O3/c1-12-4-3-7-8(12)5-6(10(13)14)9(11-7)15-2/h3-5,13-14H,1-2H3. The summed E-state index contributed by atoms with van der Waals surface area (Å²) < 4.78 is 6.84. The van der Waals surface area contributed by atoms with Crippen LogP contribution in [0.2, 0.25) is 0 Å². The first-order valence-corrected chi connectivity index (χ1v) is 4.49. The van der Waals surface area contributed by atoms with E-state index >= 15 is 0 Å². The van der Waals surface area contributed by atoms with Crippen LogP contribution in [0.5, 0.6) is 5.88 Å². The van der Waals surface area contributed by atoms with E-state index in [1.807, 2.05) is 23.9 Å². The van der Waals surface area contributed by atoms with Gasteiger partial charge < -0.3 is 19.4 Å². The predicted molar refractivity (Wildman–Crippen MR) is 57.1 cm³/mol. The van der Waals surface area contributed by atoms with Crippen molar-refractivity contribution in [3.05, 3.63) is 18.3 Å². The van der Waals surface area contributed by atoms with E-state index in [9.17, 15) is 0 Å². The Balaban J connectivity index is 2.71. The highest BCUT2D eigenvalue weighted by Gasteiger charge is 2.19. The van der Waals surface area contributed by atoms with Gasteiger partial charge in [-0.25, -0.2) is 4.98 Å². The monoisotopic (exact) mass is 206 g/mol. The summed E-state index contributed by atoms with van der Waals surface area (Å²) >= 11 is 0. The minimum absolute atomic E-state index is 0.240. The minimum Gasteiger partial charge on any atom is -0.481 e. The SMILES string of the molecule is COc1nc2ccn(C)c2cc1B(O)O. The quantitative estimate of drug-likeness (QED) is 0.635. The molecule has 0 radical (unpaired) electrons. The molecule has 2 aromatic rings. The number of rotatable bonds is 2. The van der Waals surface area contributed by atoms with Gasteiger partial charge in [0.15, 0.2) is 0 Å². The summed E-state index contributed by atoms with van der Waals surface area (Å²) in [4.78, 5) is 4.17. The fourth-order valence-corrected chi connectivity index (χ4v) is 1.53. The van der Waals surface area contributed by atoms with Gasteiger partial charge in [-0.3, -0.25) is 0 Å². The van der Waals surface area contributed by atoms with Crippen molar-refractivity contribution in [2.75, 3.05) is 7.11 Å². The van der Waals surface area contributed by atoms with Crippen LogP contribution in [0.1, 0.15) is 0 Å². The lowest BCUT2D eigenvalue weighted by atomic mass is 9.81. The summed E-state index contributed by atoms with van der Waals surface area (Å²) in [7, 11) is 1.74. The highest BCUT2D eigenvalue weighted by molar-refractivity contribution is 6.59. The third kappa shape index (κ3) is 1.58. The first kappa shape index (κ1) is 10.0. The van der Waals surface area contributed by atoms with E-state index in [1.165, 1.54) is 7.11 Å². The molecule has 0 aliphatic rings. The number of fused-ring (bicyclic) bond motifs is 1. The first-order chi connectivity index (χ1) is 7.13. The van der Waals surface area contributed by atoms with Crippen LogP contribution in [0, 0.1) is 0 Å². The molecule has 78 valence electrons. The maximum atomic E-state index is 9.15. The average molecular weight is 206 g/mol. The zero-order chi connectivity index (χ0) is 11.0. The van der Waals surface area contributed by atoms with Crippen LogP contribution in [-0.2, 0) is 7.05 Å². The Hall–Kier alpha value is -1.53. The maximum absolute atomic E-state index is 9.15. The van der Waals surface area contributed by atoms with Gasteiger partial charge in [0.25, 0.3) is 0 Å². The van der Waals surface area contributed by atoms with Gasteiger partial charge in [-0.2, -0.15) is 0 Å². The Labute approximate surface area is 87.1 Å². The lowest BCUT2D eigenvalue weighted by Crippen LogP contribution is -2.32. The van der Waals surface area contributed by atoms with E-state index in [0.29, 0.717) is 0 Å². The lowest BCUT2D eigenvalue weighted by molar-refractivity contribution is 0.392. The Kier molecular flexibility index (Phi) is 2.38. The minimum atomic E-state index is -1.58. The fourth-order valence-electron chi connectivity index (χ4n) is 1.53. The molecule has 0 saturated carbocycles. The van der Waals surface area contributed by atoms with Crippen LogP contribution in [0.15, 0.2) is 18.3 Å². The van der Waals surface area contributed by atoms with Crippen molar-refractivity contribution in [1.82, 2.24) is 9.55 Å². The van der Waals surface area contributed by atoms with Crippen molar-refractivity contribution < 1.29 is 14.8 Å². The van der Waals surface area contributed by atoms with Crippen LogP contribution >= 0.6 is 0 Å². The molecule has 0 fully saturated rings. The zero-order valence-electron chi connectivity index (χ0n) is 8.51. The van der Waals surface area contributed by atoms with Crippen molar-refractivity contribution in [2.24, 2.45) is 7.05 Å². The van der Waals surface area contributed by atoms with Crippen LogP contribution in [0.3, 0.4) is 0 Å². The van der Waals surface area contributed by atoms with Gasteiger partial charge in [0.05, 0.1) is 18.1 Å². The molecule has 2 aromatic heterocycles. The van der Waals surface area contributed by atoms with Gasteiger partial charge >= 0.3 is 7.12 Å². The number of nitrogens with zero attached hydrogens (tertiary/aromatic N) is 2. The van der Waals surface area contributed by atoms with Gasteiger partial charge in [0.1, 0.15) is 0 Å². The molecular weight excluding hydrogens is 195 g/mol. The summed E-state index contributed by atoms with van der Waals surface area (Å²) in [6.07, 6.45) is 1.85. The van der Waals surface area contributed by atoms with Gasteiger partial charge in [-0.15, -0.1) is 0 Å². The zero-order valence-corrected chi connectivity index (χ0v) is 8.51. The Morgan fingerprint density at radius 1 is 1.47 bits per heavy atom. The van der Waals surface area contributed by atoms with Crippen molar-refractivity contribution >= 4 is 23.6 Å². The predicted octanol–water partition coefficient (Wildman–Crippen LogP) is -0.738. The second-order valence-corrected chi connectivity index (χ2v) is 3.29. The first-order valence-electron chi connectivity index (χ1n) is 4.49. The molecule has 0 bridgehead atoms. The number of aryl methyl sites for hydroxylation is 1. The summed E-state index contributed by atoms with van der Waals surface area (Å²) in [5.41, 5.74) is 1.87. The van der Waals surface area contributed by atoms with Gasteiger partial charge in [0.2, 0.25) is 5.88 Å². The molecule has 0 amide bonds. The van der Waals surface area contributed by atoms with Crippen molar-refractivity contribution in [3.8, 4) is 5.88 Å². The largest absolute Gasteiger partial charge is 0.494 e. The molecule has 6 heteroatoms. The van der Waals surface area contributed by atoms with Crippen molar-refractivity contribution in [3.63, 3.8) is 0 Å². The molecule has 2 N–H and O–H groups in total. The van der Waals surface area contributed by atoms with E-state index in [1.54, 1.807) is 6.07 Å². The number of hydrogen-bond acceptors (Lipinski definition) is 4. The van der Waals surface area contributed by atoms with Crippen LogP contribution < -0.4 is 10.2 Å². The molecule has 0 saturated heterocycles.